The summed E-state index contributed by atoms with van der Waals surface area (Å²) in [5.74, 6) is 0.543. The van der Waals surface area contributed by atoms with Crippen LogP contribution in [-0.4, -0.2) is 37.1 Å². The first-order chi connectivity index (χ1) is 7.72. The highest BCUT2D eigenvalue weighted by molar-refractivity contribution is 5.93. The molecule has 0 radical (unpaired) electrons. The highest BCUT2D eigenvalue weighted by Gasteiger charge is 2.29. The van der Waals surface area contributed by atoms with E-state index in [2.05, 4.69) is 6.92 Å². The predicted molar refractivity (Wildman–Crippen MR) is 59.2 cm³/mol. The van der Waals surface area contributed by atoms with Crippen molar-refractivity contribution in [3.63, 3.8) is 0 Å². The van der Waals surface area contributed by atoms with Crippen LogP contribution in [0.3, 0.4) is 0 Å². The number of likely N-dealkylation sites (tertiary alicyclic amines) is 1. The molecular formula is C12H17NO3. The lowest BCUT2D eigenvalue weighted by atomic mass is 9.95. The van der Waals surface area contributed by atoms with Gasteiger partial charge >= 0.3 is 0 Å². The van der Waals surface area contributed by atoms with Crippen LogP contribution in [0, 0.1) is 5.92 Å². The summed E-state index contributed by atoms with van der Waals surface area (Å²) in [6.45, 7) is 3.63. The smallest absolute Gasteiger partial charge is 0.257 e. The van der Waals surface area contributed by atoms with Crippen molar-refractivity contribution in [2.75, 3.05) is 20.2 Å². The molecule has 2 heterocycles. The summed E-state index contributed by atoms with van der Waals surface area (Å²) in [7, 11) is 1.70. The first-order valence-electron chi connectivity index (χ1n) is 5.56. The fourth-order valence-corrected chi connectivity index (χ4v) is 2.09. The van der Waals surface area contributed by atoms with Crippen LogP contribution in [0.5, 0.6) is 0 Å². The molecule has 2 unspecified atom stereocenters. The van der Waals surface area contributed by atoms with Crippen molar-refractivity contribution in [1.29, 1.82) is 0 Å². The first kappa shape index (κ1) is 11.2. The van der Waals surface area contributed by atoms with Gasteiger partial charge in [0.25, 0.3) is 5.91 Å². The van der Waals surface area contributed by atoms with Gasteiger partial charge in [0, 0.05) is 20.2 Å². The Labute approximate surface area is 95.2 Å². The van der Waals surface area contributed by atoms with Crippen LogP contribution in [0.1, 0.15) is 23.7 Å². The Morgan fingerprint density at radius 2 is 2.44 bits per heavy atom. The third-order valence-electron chi connectivity index (χ3n) is 3.25. The highest BCUT2D eigenvalue weighted by atomic mass is 16.5. The van der Waals surface area contributed by atoms with Crippen molar-refractivity contribution in [3.05, 3.63) is 24.2 Å². The molecule has 0 saturated carbocycles. The van der Waals surface area contributed by atoms with Gasteiger partial charge in [-0.3, -0.25) is 4.79 Å². The Kier molecular flexibility index (Phi) is 3.29. The zero-order valence-corrected chi connectivity index (χ0v) is 9.68. The zero-order valence-electron chi connectivity index (χ0n) is 9.68. The Morgan fingerprint density at radius 1 is 1.62 bits per heavy atom. The third kappa shape index (κ3) is 2.11. The lowest BCUT2D eigenvalue weighted by Gasteiger charge is -2.36. The molecule has 1 aliphatic heterocycles. The summed E-state index contributed by atoms with van der Waals surface area (Å²) in [5, 5.41) is 0. The summed E-state index contributed by atoms with van der Waals surface area (Å²) < 4.78 is 10.3. The number of hydrogen-bond acceptors (Lipinski definition) is 3. The molecule has 16 heavy (non-hydrogen) atoms. The van der Waals surface area contributed by atoms with Gasteiger partial charge in [0.2, 0.25) is 0 Å². The van der Waals surface area contributed by atoms with Gasteiger partial charge in [0.15, 0.2) is 0 Å². The van der Waals surface area contributed by atoms with Gasteiger partial charge < -0.3 is 14.1 Å². The molecule has 0 N–H and O–H groups in total. The lowest BCUT2D eigenvalue weighted by molar-refractivity contribution is -0.00158. The van der Waals surface area contributed by atoms with Gasteiger partial charge in [-0.15, -0.1) is 0 Å². The van der Waals surface area contributed by atoms with E-state index in [-0.39, 0.29) is 12.0 Å². The van der Waals surface area contributed by atoms with Crippen molar-refractivity contribution in [1.82, 2.24) is 4.90 Å². The molecule has 1 aromatic heterocycles. The number of ether oxygens (including phenoxy) is 1. The van der Waals surface area contributed by atoms with E-state index in [1.54, 1.807) is 13.2 Å². The molecule has 1 aliphatic rings. The molecule has 2 rings (SSSR count). The van der Waals surface area contributed by atoms with E-state index in [0.29, 0.717) is 18.0 Å². The largest absolute Gasteiger partial charge is 0.472 e. The standard InChI is InChI=1S/C12H17NO3/c1-9-3-5-13(7-11(9)15-2)12(14)10-4-6-16-8-10/h4,6,8-9,11H,3,5,7H2,1-2H3. The van der Waals surface area contributed by atoms with E-state index >= 15 is 0 Å². The fourth-order valence-electron chi connectivity index (χ4n) is 2.09. The number of methoxy groups -OCH3 is 1. The number of carbonyl (C=O) groups is 1. The predicted octanol–water partition coefficient (Wildman–Crippen LogP) is 1.78. The number of rotatable bonds is 2. The second-order valence-electron chi connectivity index (χ2n) is 4.30. The number of carbonyl (C=O) groups excluding carboxylic acids is 1. The van der Waals surface area contributed by atoms with Crippen molar-refractivity contribution in [3.8, 4) is 0 Å². The number of furan rings is 1. The van der Waals surface area contributed by atoms with Gasteiger partial charge in [-0.25, -0.2) is 0 Å². The molecule has 4 heteroatoms. The molecule has 0 bridgehead atoms. The molecule has 0 spiro atoms. The molecule has 1 saturated heterocycles. The Morgan fingerprint density at radius 3 is 3.06 bits per heavy atom. The van der Waals surface area contributed by atoms with Crippen molar-refractivity contribution < 1.29 is 13.9 Å². The van der Waals surface area contributed by atoms with Crippen LogP contribution in [-0.2, 0) is 4.74 Å². The van der Waals surface area contributed by atoms with Crippen molar-refractivity contribution in [2.45, 2.75) is 19.4 Å². The Hall–Kier alpha value is -1.29. The van der Waals surface area contributed by atoms with E-state index in [1.165, 1.54) is 12.5 Å². The van der Waals surface area contributed by atoms with Crippen LogP contribution in [0.2, 0.25) is 0 Å². The third-order valence-corrected chi connectivity index (χ3v) is 3.25. The molecule has 88 valence electrons. The van der Waals surface area contributed by atoms with Crippen molar-refractivity contribution in [2.24, 2.45) is 5.92 Å². The van der Waals surface area contributed by atoms with Gasteiger partial charge in [0.1, 0.15) is 6.26 Å². The summed E-state index contributed by atoms with van der Waals surface area (Å²) in [6, 6.07) is 1.70. The second kappa shape index (κ2) is 4.70. The van der Waals surface area contributed by atoms with Gasteiger partial charge in [-0.2, -0.15) is 0 Å². The van der Waals surface area contributed by atoms with Crippen LogP contribution in [0.15, 0.2) is 23.0 Å². The second-order valence-corrected chi connectivity index (χ2v) is 4.30. The summed E-state index contributed by atoms with van der Waals surface area (Å²) in [6.07, 6.45) is 4.14. The molecule has 1 aromatic rings. The van der Waals surface area contributed by atoms with Gasteiger partial charge in [-0.1, -0.05) is 6.92 Å². The average molecular weight is 223 g/mol. The van der Waals surface area contributed by atoms with Gasteiger partial charge in [-0.05, 0) is 18.4 Å². The van der Waals surface area contributed by atoms with E-state index in [4.69, 9.17) is 9.15 Å². The molecule has 0 aliphatic carbocycles. The van der Waals surface area contributed by atoms with Crippen LogP contribution < -0.4 is 0 Å². The number of piperidine rings is 1. The number of hydrogen-bond donors (Lipinski definition) is 0. The van der Waals surface area contributed by atoms with Crippen LogP contribution >= 0.6 is 0 Å². The van der Waals surface area contributed by atoms with Crippen molar-refractivity contribution >= 4 is 5.91 Å². The topological polar surface area (TPSA) is 42.7 Å². The quantitative estimate of drug-likeness (QED) is 0.767. The molecule has 2 atom stereocenters. The minimum absolute atomic E-state index is 0.0303. The summed E-state index contributed by atoms with van der Waals surface area (Å²) in [5.41, 5.74) is 0.615. The minimum atomic E-state index is 0.0303. The number of nitrogens with zero attached hydrogens (tertiary/aromatic N) is 1. The zero-order chi connectivity index (χ0) is 11.5. The maximum absolute atomic E-state index is 12.0. The highest BCUT2D eigenvalue weighted by Crippen LogP contribution is 2.21. The van der Waals surface area contributed by atoms with Gasteiger partial charge in [0.05, 0.1) is 17.9 Å². The first-order valence-corrected chi connectivity index (χ1v) is 5.56. The van der Waals surface area contributed by atoms with E-state index < -0.39 is 0 Å². The molecule has 0 aromatic carbocycles. The molecule has 1 fully saturated rings. The fraction of sp³-hybridized carbons (Fsp3) is 0.583. The SMILES string of the molecule is COC1CN(C(=O)c2ccoc2)CCC1C. The Balaban J connectivity index is 2.03. The van der Waals surface area contributed by atoms with Crippen LogP contribution in [0.25, 0.3) is 0 Å². The number of amides is 1. The molecule has 4 nitrogen and oxygen atoms in total. The average Bonchev–Trinajstić information content (AvgIpc) is 2.82. The maximum atomic E-state index is 12.0. The monoisotopic (exact) mass is 223 g/mol. The summed E-state index contributed by atoms with van der Waals surface area (Å²) >= 11 is 0. The summed E-state index contributed by atoms with van der Waals surface area (Å²) in [4.78, 5) is 13.9. The Bertz CT molecular complexity index is 347. The minimum Gasteiger partial charge on any atom is -0.472 e. The normalized spacial score (nSPS) is 25.8. The molecular weight excluding hydrogens is 206 g/mol. The van der Waals surface area contributed by atoms with E-state index in [1.807, 2.05) is 4.90 Å². The molecule has 1 amide bonds. The van der Waals surface area contributed by atoms with E-state index in [9.17, 15) is 4.79 Å². The van der Waals surface area contributed by atoms with Crippen LogP contribution in [0.4, 0.5) is 0 Å². The van der Waals surface area contributed by atoms with E-state index in [0.717, 1.165) is 13.0 Å². The maximum Gasteiger partial charge on any atom is 0.257 e. The lowest BCUT2D eigenvalue weighted by Crippen LogP contribution is -2.46.